The zero-order valence-corrected chi connectivity index (χ0v) is 29.1. The zero-order chi connectivity index (χ0) is 35.6. The fourth-order valence-electron chi connectivity index (χ4n) is 7.99. The number of pyridine rings is 2. The first kappa shape index (κ1) is 30.3. The van der Waals surface area contributed by atoms with Gasteiger partial charge in [-0.05, 0) is 50.5 Å². The summed E-state index contributed by atoms with van der Waals surface area (Å²) in [7, 11) is 0. The molecule has 0 saturated carbocycles. The molecule has 11 rings (SSSR count). The first-order valence-electron chi connectivity index (χ1n) is 18.2. The van der Waals surface area contributed by atoms with Gasteiger partial charge < -0.3 is 0 Å². The van der Waals surface area contributed by atoms with Crippen molar-refractivity contribution in [1.82, 2.24) is 19.9 Å². The summed E-state index contributed by atoms with van der Waals surface area (Å²) in [6.45, 7) is 0. The summed E-state index contributed by atoms with van der Waals surface area (Å²) < 4.78 is 0. The van der Waals surface area contributed by atoms with E-state index < -0.39 is 0 Å². The van der Waals surface area contributed by atoms with Crippen molar-refractivity contribution in [2.24, 2.45) is 0 Å². The Balaban J connectivity index is 1.11. The van der Waals surface area contributed by atoms with Crippen LogP contribution in [-0.2, 0) is 0 Å². The van der Waals surface area contributed by atoms with Crippen LogP contribution in [0, 0.1) is 0 Å². The maximum Gasteiger partial charge on any atom is 0.160 e. The van der Waals surface area contributed by atoms with Crippen LogP contribution in [0.15, 0.2) is 182 Å². The van der Waals surface area contributed by atoms with Crippen molar-refractivity contribution in [3.05, 3.63) is 182 Å². The molecule has 0 unspecified atom stereocenters. The van der Waals surface area contributed by atoms with Crippen molar-refractivity contribution in [3.8, 4) is 56.4 Å². The molecule has 0 amide bonds. The standard InChI is InChI=1S/C50H30N4/c1-4-10-31(11-5-1)42-28-22-35-16-17-36-23-29-43(52-49(36)48(35)51-42)38-24-18-33-21-27-41-39(25-19-34-20-26-40(38)46(33)47(34)41)45-30-44(32-12-6-2-7-13-32)53-50(54-45)37-14-8-3-9-15-37/h1-30H. The summed E-state index contributed by atoms with van der Waals surface area (Å²) in [5, 5.41) is 9.33. The molecule has 0 bridgehead atoms. The number of nitrogens with zero attached hydrogens (tertiary/aromatic N) is 4. The van der Waals surface area contributed by atoms with Crippen molar-refractivity contribution in [2.45, 2.75) is 0 Å². The Labute approximate surface area is 311 Å². The number of rotatable bonds is 5. The van der Waals surface area contributed by atoms with Crippen LogP contribution in [-0.4, -0.2) is 19.9 Å². The van der Waals surface area contributed by atoms with Crippen LogP contribution in [0.25, 0.3) is 111 Å². The van der Waals surface area contributed by atoms with Crippen LogP contribution in [0.5, 0.6) is 0 Å². The van der Waals surface area contributed by atoms with Gasteiger partial charge in [0.25, 0.3) is 0 Å². The number of hydrogen-bond acceptors (Lipinski definition) is 4. The maximum absolute atomic E-state index is 5.35. The minimum absolute atomic E-state index is 0.709. The molecular weight excluding hydrogens is 657 g/mol. The number of fused-ring (bicyclic) bond motifs is 3. The molecule has 3 aromatic heterocycles. The lowest BCUT2D eigenvalue weighted by atomic mass is 9.88. The van der Waals surface area contributed by atoms with Crippen molar-refractivity contribution in [1.29, 1.82) is 0 Å². The summed E-state index contributed by atoms with van der Waals surface area (Å²) in [5.74, 6) is 0.709. The van der Waals surface area contributed by atoms with Gasteiger partial charge >= 0.3 is 0 Å². The third kappa shape index (κ3) is 4.92. The Morgan fingerprint density at radius 2 is 0.704 bits per heavy atom. The Morgan fingerprint density at radius 3 is 1.30 bits per heavy atom. The molecule has 8 aromatic carbocycles. The minimum atomic E-state index is 0.709. The quantitative estimate of drug-likeness (QED) is 0.169. The minimum Gasteiger partial charge on any atom is -0.245 e. The average Bonchev–Trinajstić information content (AvgIpc) is 3.25. The monoisotopic (exact) mass is 686 g/mol. The molecule has 0 aliphatic carbocycles. The Bertz CT molecular complexity index is 3140. The van der Waals surface area contributed by atoms with Gasteiger partial charge in [-0.2, -0.15) is 0 Å². The van der Waals surface area contributed by atoms with Crippen LogP contribution >= 0.6 is 0 Å². The van der Waals surface area contributed by atoms with Crippen LogP contribution in [0.3, 0.4) is 0 Å². The van der Waals surface area contributed by atoms with E-state index in [0.717, 1.165) is 77.8 Å². The van der Waals surface area contributed by atoms with E-state index in [1.165, 1.54) is 26.9 Å². The highest BCUT2D eigenvalue weighted by atomic mass is 14.9. The molecule has 0 aliphatic heterocycles. The summed E-state index contributed by atoms with van der Waals surface area (Å²) in [6.07, 6.45) is 0. The average molecular weight is 687 g/mol. The van der Waals surface area contributed by atoms with Crippen molar-refractivity contribution in [3.63, 3.8) is 0 Å². The molecule has 11 aromatic rings. The van der Waals surface area contributed by atoms with Gasteiger partial charge in [0.05, 0.1) is 33.8 Å². The van der Waals surface area contributed by atoms with Crippen molar-refractivity contribution < 1.29 is 0 Å². The molecular formula is C50H30N4. The second kappa shape index (κ2) is 12.1. The van der Waals surface area contributed by atoms with Gasteiger partial charge in [0.2, 0.25) is 0 Å². The van der Waals surface area contributed by atoms with E-state index in [1.54, 1.807) is 0 Å². The van der Waals surface area contributed by atoms with Crippen LogP contribution in [0.2, 0.25) is 0 Å². The third-order valence-corrected chi connectivity index (χ3v) is 10.6. The van der Waals surface area contributed by atoms with Crippen LogP contribution < -0.4 is 0 Å². The predicted octanol–water partition coefficient (Wildman–Crippen LogP) is 12.8. The van der Waals surface area contributed by atoms with Gasteiger partial charge in [-0.15, -0.1) is 0 Å². The molecule has 4 nitrogen and oxygen atoms in total. The molecule has 0 spiro atoms. The predicted molar refractivity (Wildman–Crippen MR) is 224 cm³/mol. The fraction of sp³-hybridized carbons (Fsp3) is 0. The molecule has 0 saturated heterocycles. The van der Waals surface area contributed by atoms with Crippen molar-refractivity contribution >= 4 is 54.1 Å². The molecule has 0 radical (unpaired) electrons. The summed E-state index contributed by atoms with van der Waals surface area (Å²) in [6, 6.07) is 63.8. The normalized spacial score (nSPS) is 11.7. The Morgan fingerprint density at radius 1 is 0.278 bits per heavy atom. The van der Waals surface area contributed by atoms with Gasteiger partial charge in [0.15, 0.2) is 5.82 Å². The van der Waals surface area contributed by atoms with Gasteiger partial charge in [-0.3, -0.25) is 0 Å². The lowest BCUT2D eigenvalue weighted by molar-refractivity contribution is 1.18. The van der Waals surface area contributed by atoms with E-state index in [1.807, 2.05) is 30.3 Å². The second-order valence-electron chi connectivity index (χ2n) is 13.8. The molecule has 0 aliphatic rings. The van der Waals surface area contributed by atoms with Gasteiger partial charge in [0, 0.05) is 38.6 Å². The molecule has 0 fully saturated rings. The van der Waals surface area contributed by atoms with E-state index in [-0.39, 0.29) is 0 Å². The molecule has 4 heteroatoms. The third-order valence-electron chi connectivity index (χ3n) is 10.6. The molecule has 3 heterocycles. The van der Waals surface area contributed by atoms with Gasteiger partial charge in [0.1, 0.15) is 0 Å². The van der Waals surface area contributed by atoms with Crippen LogP contribution in [0.1, 0.15) is 0 Å². The highest BCUT2D eigenvalue weighted by molar-refractivity contribution is 6.27. The zero-order valence-electron chi connectivity index (χ0n) is 29.1. The first-order chi connectivity index (χ1) is 26.7. The summed E-state index contributed by atoms with van der Waals surface area (Å²) in [5.41, 5.74) is 10.8. The van der Waals surface area contributed by atoms with E-state index in [2.05, 4.69) is 152 Å². The number of aromatic nitrogens is 4. The van der Waals surface area contributed by atoms with E-state index in [4.69, 9.17) is 19.9 Å². The Hall–Kier alpha value is -7.30. The lowest BCUT2D eigenvalue weighted by Crippen LogP contribution is -1.97. The van der Waals surface area contributed by atoms with Crippen molar-refractivity contribution in [2.75, 3.05) is 0 Å². The van der Waals surface area contributed by atoms with Crippen LogP contribution in [0.4, 0.5) is 0 Å². The SMILES string of the molecule is c1ccc(-c2cc(-c3ccc4ccc5c(-c6ccc7ccc8ccc(-c9ccccc9)nc8c7n6)ccc6ccc3c4c65)nc(-c3ccccc3)n2)cc1. The Kier molecular flexibility index (Phi) is 6.82. The topological polar surface area (TPSA) is 51.6 Å². The van der Waals surface area contributed by atoms with Gasteiger partial charge in [-0.25, -0.2) is 19.9 Å². The van der Waals surface area contributed by atoms with Gasteiger partial charge in [-0.1, -0.05) is 164 Å². The number of hydrogen-bond donors (Lipinski definition) is 0. The summed E-state index contributed by atoms with van der Waals surface area (Å²) in [4.78, 5) is 20.8. The molecule has 54 heavy (non-hydrogen) atoms. The largest absolute Gasteiger partial charge is 0.245 e. The first-order valence-corrected chi connectivity index (χ1v) is 18.2. The smallest absolute Gasteiger partial charge is 0.160 e. The molecule has 250 valence electrons. The summed E-state index contributed by atoms with van der Waals surface area (Å²) >= 11 is 0. The highest BCUT2D eigenvalue weighted by Crippen LogP contribution is 2.43. The fourth-order valence-corrected chi connectivity index (χ4v) is 7.99. The molecule has 0 atom stereocenters. The van der Waals surface area contributed by atoms with E-state index >= 15 is 0 Å². The molecule has 0 N–H and O–H groups in total. The maximum atomic E-state index is 5.35. The van der Waals surface area contributed by atoms with E-state index in [9.17, 15) is 0 Å². The second-order valence-corrected chi connectivity index (χ2v) is 13.8. The highest BCUT2D eigenvalue weighted by Gasteiger charge is 2.18. The number of benzene rings is 8. The lowest BCUT2D eigenvalue weighted by Gasteiger charge is -2.17. The van der Waals surface area contributed by atoms with E-state index in [0.29, 0.717) is 5.82 Å².